The van der Waals surface area contributed by atoms with Crippen LogP contribution in [0.1, 0.15) is 42.5 Å². The number of hydrogen-bond acceptors (Lipinski definition) is 2. The van der Waals surface area contributed by atoms with Crippen LogP contribution >= 0.6 is 11.6 Å². The zero-order valence-corrected chi connectivity index (χ0v) is 15.3. The number of allylic oxidation sites excluding steroid dienone is 1. The minimum absolute atomic E-state index is 0.246. The number of likely N-dealkylation sites (tertiary alicyclic amines) is 1. The Bertz CT molecular complexity index is 717. The molecule has 1 unspecified atom stereocenters. The van der Waals surface area contributed by atoms with Crippen molar-refractivity contribution in [3.8, 4) is 0 Å². The molecule has 1 aromatic heterocycles. The molecule has 1 aromatic carbocycles. The Morgan fingerprint density at radius 2 is 2.00 bits per heavy atom. The van der Waals surface area contributed by atoms with E-state index in [1.165, 1.54) is 16.7 Å². The molecule has 0 bridgehead atoms. The van der Waals surface area contributed by atoms with Gasteiger partial charge in [-0.15, -0.1) is 0 Å². The van der Waals surface area contributed by atoms with Crippen molar-refractivity contribution in [2.24, 2.45) is 5.92 Å². The largest absolute Gasteiger partial charge is 0.306 e. The van der Waals surface area contributed by atoms with E-state index in [1.54, 1.807) is 0 Å². The number of nitrogens with zero attached hydrogens (tertiary/aromatic N) is 2. The van der Waals surface area contributed by atoms with E-state index < -0.39 is 0 Å². The van der Waals surface area contributed by atoms with Crippen LogP contribution in [0, 0.1) is 5.92 Å². The summed E-state index contributed by atoms with van der Waals surface area (Å²) in [6.07, 6.45) is 4.21. The van der Waals surface area contributed by atoms with E-state index >= 15 is 0 Å². The van der Waals surface area contributed by atoms with Crippen LogP contribution in [-0.2, 0) is 0 Å². The van der Waals surface area contributed by atoms with Gasteiger partial charge in [0.05, 0.1) is 5.69 Å². The predicted molar refractivity (Wildman–Crippen MR) is 102 cm³/mol. The van der Waals surface area contributed by atoms with Crippen LogP contribution in [0.3, 0.4) is 0 Å². The van der Waals surface area contributed by atoms with Gasteiger partial charge in [0.15, 0.2) is 0 Å². The second kappa shape index (κ2) is 7.50. The van der Waals surface area contributed by atoms with Gasteiger partial charge in [-0.25, -0.2) is 0 Å². The third-order valence-corrected chi connectivity index (χ3v) is 5.40. The van der Waals surface area contributed by atoms with Crippen molar-refractivity contribution in [2.75, 3.05) is 20.1 Å². The van der Waals surface area contributed by atoms with Crippen molar-refractivity contribution in [3.05, 3.63) is 71.0 Å². The lowest BCUT2D eigenvalue weighted by Gasteiger charge is -2.31. The Balaban J connectivity index is 1.89. The third-order valence-electron chi connectivity index (χ3n) is 5.17. The highest BCUT2D eigenvalue weighted by atomic mass is 35.5. The van der Waals surface area contributed by atoms with Crippen molar-refractivity contribution in [1.82, 2.24) is 9.88 Å². The van der Waals surface area contributed by atoms with Crippen LogP contribution in [0.15, 0.2) is 49.2 Å². The number of hydrogen-bond donors (Lipinski definition) is 0. The van der Waals surface area contributed by atoms with Gasteiger partial charge in [-0.3, -0.25) is 4.98 Å². The first-order chi connectivity index (χ1) is 11.6. The molecule has 0 radical (unpaired) electrons. The topological polar surface area (TPSA) is 16.1 Å². The standard InChI is InChI=1S/C21H25ClN2/c1-15(18-6-4-7-19(22)14-18)20-8-5-11-23-21(20)16(2)17-9-12-24(3)13-10-17/h4-8,11,14-15,17H,2,9-10,12-13H2,1,3H3. The van der Waals surface area contributed by atoms with Crippen LogP contribution in [-0.4, -0.2) is 30.0 Å². The van der Waals surface area contributed by atoms with Gasteiger partial charge in [-0.05, 0) is 73.8 Å². The first kappa shape index (κ1) is 17.2. The lowest BCUT2D eigenvalue weighted by atomic mass is 9.83. The van der Waals surface area contributed by atoms with Gasteiger partial charge in [0, 0.05) is 17.1 Å². The highest BCUT2D eigenvalue weighted by Gasteiger charge is 2.24. The van der Waals surface area contributed by atoms with E-state index in [1.807, 2.05) is 30.5 Å². The average molecular weight is 341 g/mol. The molecule has 3 rings (SSSR count). The van der Waals surface area contributed by atoms with E-state index in [0.717, 1.165) is 36.6 Å². The second-order valence-corrected chi connectivity index (χ2v) is 7.26. The molecular weight excluding hydrogens is 316 g/mol. The molecule has 1 atom stereocenters. The number of pyridine rings is 1. The molecule has 2 aromatic rings. The van der Waals surface area contributed by atoms with Crippen LogP contribution < -0.4 is 0 Å². The van der Waals surface area contributed by atoms with Crippen LogP contribution in [0.4, 0.5) is 0 Å². The summed E-state index contributed by atoms with van der Waals surface area (Å²) in [6.45, 7) is 8.91. The van der Waals surface area contributed by atoms with E-state index in [9.17, 15) is 0 Å². The highest BCUT2D eigenvalue weighted by molar-refractivity contribution is 6.30. The van der Waals surface area contributed by atoms with Gasteiger partial charge in [-0.1, -0.05) is 43.3 Å². The summed E-state index contributed by atoms with van der Waals surface area (Å²) in [5, 5.41) is 0.777. The zero-order valence-electron chi connectivity index (χ0n) is 14.5. The highest BCUT2D eigenvalue weighted by Crippen LogP contribution is 2.35. The van der Waals surface area contributed by atoms with Gasteiger partial charge in [-0.2, -0.15) is 0 Å². The molecule has 1 saturated heterocycles. The molecule has 0 amide bonds. The quantitative estimate of drug-likeness (QED) is 0.756. The Morgan fingerprint density at radius 3 is 2.71 bits per heavy atom. The number of halogens is 1. The number of benzene rings is 1. The lowest BCUT2D eigenvalue weighted by Crippen LogP contribution is -2.30. The predicted octanol–water partition coefficient (Wildman–Crippen LogP) is 5.24. The summed E-state index contributed by atoms with van der Waals surface area (Å²) in [5.74, 6) is 0.775. The van der Waals surface area contributed by atoms with Gasteiger partial charge in [0.1, 0.15) is 0 Å². The summed E-state index contributed by atoms with van der Waals surface area (Å²) in [6, 6.07) is 12.3. The fraction of sp³-hybridized carbons (Fsp3) is 0.381. The van der Waals surface area contributed by atoms with E-state index in [0.29, 0.717) is 5.92 Å². The van der Waals surface area contributed by atoms with Crippen molar-refractivity contribution in [1.29, 1.82) is 0 Å². The van der Waals surface area contributed by atoms with Crippen LogP contribution in [0.25, 0.3) is 5.57 Å². The number of piperidine rings is 1. The lowest BCUT2D eigenvalue weighted by molar-refractivity contribution is 0.248. The maximum absolute atomic E-state index is 6.18. The molecule has 3 heteroatoms. The molecule has 0 aliphatic carbocycles. The molecule has 2 nitrogen and oxygen atoms in total. The maximum Gasteiger partial charge on any atom is 0.0696 e. The Labute approximate surface area is 150 Å². The van der Waals surface area contributed by atoms with Crippen LogP contribution in [0.2, 0.25) is 5.02 Å². The zero-order chi connectivity index (χ0) is 17.1. The molecule has 0 saturated carbocycles. The molecule has 1 fully saturated rings. The number of aromatic nitrogens is 1. The Morgan fingerprint density at radius 1 is 1.25 bits per heavy atom. The van der Waals surface area contributed by atoms with E-state index in [2.05, 4.69) is 37.6 Å². The summed E-state index contributed by atoms with van der Waals surface area (Å²) < 4.78 is 0. The summed E-state index contributed by atoms with van der Waals surface area (Å²) in [7, 11) is 2.19. The molecule has 1 aliphatic rings. The molecule has 24 heavy (non-hydrogen) atoms. The SMILES string of the molecule is C=C(c1ncccc1C(C)c1cccc(Cl)c1)C1CCN(C)CC1. The first-order valence-corrected chi connectivity index (χ1v) is 9.02. The second-order valence-electron chi connectivity index (χ2n) is 6.82. The van der Waals surface area contributed by atoms with Gasteiger partial charge in [0.25, 0.3) is 0 Å². The molecular formula is C21H25ClN2. The van der Waals surface area contributed by atoms with Gasteiger partial charge < -0.3 is 4.90 Å². The fourth-order valence-corrected chi connectivity index (χ4v) is 3.74. The maximum atomic E-state index is 6.18. The Kier molecular flexibility index (Phi) is 5.37. The average Bonchev–Trinajstić information content (AvgIpc) is 2.61. The summed E-state index contributed by atoms with van der Waals surface area (Å²) in [4.78, 5) is 7.08. The smallest absolute Gasteiger partial charge is 0.0696 e. The molecule has 0 spiro atoms. The first-order valence-electron chi connectivity index (χ1n) is 8.64. The molecule has 0 N–H and O–H groups in total. The van der Waals surface area contributed by atoms with Crippen molar-refractivity contribution < 1.29 is 0 Å². The minimum Gasteiger partial charge on any atom is -0.306 e. The van der Waals surface area contributed by atoms with Crippen LogP contribution in [0.5, 0.6) is 0 Å². The van der Waals surface area contributed by atoms with Gasteiger partial charge >= 0.3 is 0 Å². The summed E-state index contributed by atoms with van der Waals surface area (Å²) in [5.41, 5.74) is 4.71. The van der Waals surface area contributed by atoms with Gasteiger partial charge in [0.2, 0.25) is 0 Å². The monoisotopic (exact) mass is 340 g/mol. The normalized spacial score (nSPS) is 17.6. The Hall–Kier alpha value is -1.64. The molecule has 126 valence electrons. The fourth-order valence-electron chi connectivity index (χ4n) is 3.54. The molecule has 2 heterocycles. The van der Waals surface area contributed by atoms with E-state index in [4.69, 9.17) is 16.6 Å². The summed E-state index contributed by atoms with van der Waals surface area (Å²) >= 11 is 6.18. The van der Waals surface area contributed by atoms with Crippen molar-refractivity contribution >= 4 is 17.2 Å². The van der Waals surface area contributed by atoms with Crippen molar-refractivity contribution in [2.45, 2.75) is 25.7 Å². The number of rotatable bonds is 4. The van der Waals surface area contributed by atoms with Crippen molar-refractivity contribution in [3.63, 3.8) is 0 Å². The van der Waals surface area contributed by atoms with E-state index in [-0.39, 0.29) is 5.92 Å². The molecule has 1 aliphatic heterocycles. The third kappa shape index (κ3) is 3.71. The minimum atomic E-state index is 0.246.